The summed E-state index contributed by atoms with van der Waals surface area (Å²) < 4.78 is 16.1. The summed E-state index contributed by atoms with van der Waals surface area (Å²) in [5, 5.41) is 8.83. The summed E-state index contributed by atoms with van der Waals surface area (Å²) in [6.07, 6.45) is 1.62. The molecule has 0 aliphatic carbocycles. The fourth-order valence-corrected chi connectivity index (χ4v) is 3.41. The van der Waals surface area contributed by atoms with Crippen LogP contribution in [0.25, 0.3) is 6.08 Å². The molecule has 0 atom stereocenters. The highest BCUT2D eigenvalue weighted by molar-refractivity contribution is 8.26. The number of hydrogen-bond donors (Lipinski definition) is 1. The molecule has 0 aromatic heterocycles. The van der Waals surface area contributed by atoms with Crippen molar-refractivity contribution in [3.05, 3.63) is 22.6 Å². The summed E-state index contributed by atoms with van der Waals surface area (Å²) in [4.78, 5) is 24.4. The summed E-state index contributed by atoms with van der Waals surface area (Å²) in [5.41, 5.74) is 0.668. The summed E-state index contributed by atoms with van der Waals surface area (Å²) in [6, 6.07) is 3.42. The van der Waals surface area contributed by atoms with Crippen molar-refractivity contribution in [2.45, 2.75) is 0 Å². The molecule has 0 bridgehead atoms. The molecule has 9 heteroatoms. The number of ether oxygens (including phenoxy) is 3. The van der Waals surface area contributed by atoms with Crippen LogP contribution in [0.2, 0.25) is 0 Å². The summed E-state index contributed by atoms with van der Waals surface area (Å²) >= 11 is 6.11. The van der Waals surface area contributed by atoms with Gasteiger partial charge in [-0.2, -0.15) is 0 Å². The van der Waals surface area contributed by atoms with Crippen LogP contribution in [-0.2, 0) is 9.59 Å². The number of aliphatic carboxylic acids is 1. The van der Waals surface area contributed by atoms with E-state index in [0.717, 1.165) is 16.7 Å². The standard InChI is InChI=1S/C14H11NO6S2/c1-19-8-2-7(3-9-12(8)21-6-20-9)4-10-13(18)15(5-11(16)17)14(22)23-10/h2-4H,5-6H2,1H3,(H,16,17)/b10-4+. The minimum Gasteiger partial charge on any atom is -0.493 e. The molecule has 1 saturated heterocycles. The minimum atomic E-state index is -1.12. The van der Waals surface area contributed by atoms with E-state index in [1.54, 1.807) is 18.2 Å². The molecule has 0 unspecified atom stereocenters. The Morgan fingerprint density at radius 1 is 1.52 bits per heavy atom. The Balaban J connectivity index is 1.92. The number of methoxy groups -OCH3 is 1. The van der Waals surface area contributed by atoms with Gasteiger partial charge in [0.15, 0.2) is 11.5 Å². The van der Waals surface area contributed by atoms with E-state index in [0.29, 0.717) is 27.7 Å². The second kappa shape index (κ2) is 6.09. The van der Waals surface area contributed by atoms with Crippen LogP contribution in [0.15, 0.2) is 17.0 Å². The summed E-state index contributed by atoms with van der Waals surface area (Å²) in [7, 11) is 1.51. The monoisotopic (exact) mass is 353 g/mol. The summed E-state index contributed by atoms with van der Waals surface area (Å²) in [6.45, 7) is -0.345. The molecule has 1 fully saturated rings. The fraction of sp³-hybridized carbons (Fsp3) is 0.214. The number of carboxylic acids is 1. The third-order valence-corrected chi connectivity index (χ3v) is 4.52. The van der Waals surface area contributed by atoms with E-state index in [2.05, 4.69) is 0 Å². The second-order valence-corrected chi connectivity index (χ2v) is 6.29. The molecule has 2 heterocycles. The van der Waals surface area contributed by atoms with Crippen LogP contribution in [0.5, 0.6) is 17.2 Å². The summed E-state index contributed by atoms with van der Waals surface area (Å²) in [5.74, 6) is -0.0155. The van der Waals surface area contributed by atoms with Crippen LogP contribution in [0.3, 0.4) is 0 Å². The average Bonchev–Trinajstić information content (AvgIpc) is 3.07. The van der Waals surface area contributed by atoms with E-state index in [1.165, 1.54) is 7.11 Å². The predicted molar refractivity (Wildman–Crippen MR) is 86.6 cm³/mol. The number of fused-ring (bicyclic) bond motifs is 1. The molecule has 1 aromatic rings. The first kappa shape index (κ1) is 15.6. The Kier molecular flexibility index (Phi) is 4.14. The average molecular weight is 353 g/mol. The van der Waals surface area contributed by atoms with Gasteiger partial charge in [-0.05, 0) is 23.8 Å². The van der Waals surface area contributed by atoms with Crippen molar-refractivity contribution < 1.29 is 28.9 Å². The van der Waals surface area contributed by atoms with Crippen molar-refractivity contribution in [1.82, 2.24) is 4.90 Å². The maximum Gasteiger partial charge on any atom is 0.323 e. The smallest absolute Gasteiger partial charge is 0.323 e. The lowest BCUT2D eigenvalue weighted by Gasteiger charge is -2.10. The van der Waals surface area contributed by atoms with Gasteiger partial charge in [-0.1, -0.05) is 24.0 Å². The highest BCUT2D eigenvalue weighted by Gasteiger charge is 2.33. The first-order valence-electron chi connectivity index (χ1n) is 6.44. The van der Waals surface area contributed by atoms with E-state index < -0.39 is 18.4 Å². The molecule has 0 radical (unpaired) electrons. The Bertz CT molecular complexity index is 745. The van der Waals surface area contributed by atoms with Gasteiger partial charge in [0, 0.05) is 0 Å². The molecule has 0 saturated carbocycles. The molecule has 0 spiro atoms. The van der Waals surface area contributed by atoms with E-state index in [4.69, 9.17) is 31.5 Å². The van der Waals surface area contributed by atoms with Crippen LogP contribution in [0, 0.1) is 0 Å². The largest absolute Gasteiger partial charge is 0.493 e. The molecular formula is C14H11NO6S2. The molecule has 7 nitrogen and oxygen atoms in total. The first-order valence-corrected chi connectivity index (χ1v) is 7.67. The van der Waals surface area contributed by atoms with Crippen LogP contribution in [0.1, 0.15) is 5.56 Å². The number of carboxylic acid groups (broad SMARTS) is 1. The maximum atomic E-state index is 12.2. The van der Waals surface area contributed by atoms with Gasteiger partial charge in [-0.15, -0.1) is 0 Å². The zero-order valence-corrected chi connectivity index (χ0v) is 13.5. The lowest BCUT2D eigenvalue weighted by molar-refractivity contribution is -0.140. The van der Waals surface area contributed by atoms with Crippen LogP contribution in [-0.4, -0.2) is 46.7 Å². The highest BCUT2D eigenvalue weighted by Crippen LogP contribution is 2.43. The van der Waals surface area contributed by atoms with E-state index in [9.17, 15) is 9.59 Å². The van der Waals surface area contributed by atoms with Crippen molar-refractivity contribution >= 4 is 46.3 Å². The quantitative estimate of drug-likeness (QED) is 0.647. The molecule has 1 aromatic carbocycles. The Morgan fingerprint density at radius 2 is 2.30 bits per heavy atom. The van der Waals surface area contributed by atoms with Gasteiger partial charge in [0.1, 0.15) is 10.9 Å². The van der Waals surface area contributed by atoms with Crippen molar-refractivity contribution in [3.8, 4) is 17.2 Å². The molecule has 1 N–H and O–H groups in total. The molecule has 23 heavy (non-hydrogen) atoms. The fourth-order valence-electron chi connectivity index (χ4n) is 2.16. The number of rotatable bonds is 4. The van der Waals surface area contributed by atoms with E-state index in [1.807, 2.05) is 0 Å². The van der Waals surface area contributed by atoms with Crippen molar-refractivity contribution in [1.29, 1.82) is 0 Å². The van der Waals surface area contributed by atoms with Gasteiger partial charge in [-0.3, -0.25) is 14.5 Å². The minimum absolute atomic E-state index is 0.107. The third kappa shape index (κ3) is 2.97. The van der Waals surface area contributed by atoms with Crippen molar-refractivity contribution in [3.63, 3.8) is 0 Å². The Hall–Kier alpha value is -2.26. The lowest BCUT2D eigenvalue weighted by Crippen LogP contribution is -2.33. The second-order valence-electron chi connectivity index (χ2n) is 4.62. The number of benzene rings is 1. The van der Waals surface area contributed by atoms with Gasteiger partial charge in [0.05, 0.1) is 12.0 Å². The molecular weight excluding hydrogens is 342 g/mol. The van der Waals surface area contributed by atoms with Crippen molar-refractivity contribution in [2.24, 2.45) is 0 Å². The Morgan fingerprint density at radius 3 is 3.00 bits per heavy atom. The van der Waals surface area contributed by atoms with Gasteiger partial charge in [0.25, 0.3) is 5.91 Å². The number of carbonyl (C=O) groups is 2. The number of carbonyl (C=O) groups excluding carboxylic acids is 1. The van der Waals surface area contributed by atoms with E-state index in [-0.39, 0.29) is 11.1 Å². The normalized spacial score (nSPS) is 18.0. The highest BCUT2D eigenvalue weighted by atomic mass is 32.2. The maximum absolute atomic E-state index is 12.2. The van der Waals surface area contributed by atoms with Crippen LogP contribution in [0.4, 0.5) is 0 Å². The first-order chi connectivity index (χ1) is 11.0. The van der Waals surface area contributed by atoms with Gasteiger partial charge in [0.2, 0.25) is 12.5 Å². The number of amides is 1. The van der Waals surface area contributed by atoms with Gasteiger partial charge in [-0.25, -0.2) is 0 Å². The molecule has 2 aliphatic heterocycles. The van der Waals surface area contributed by atoms with Crippen LogP contribution < -0.4 is 14.2 Å². The van der Waals surface area contributed by atoms with Crippen LogP contribution >= 0.6 is 24.0 Å². The zero-order chi connectivity index (χ0) is 16.6. The molecule has 3 rings (SSSR count). The zero-order valence-electron chi connectivity index (χ0n) is 11.9. The van der Waals surface area contributed by atoms with Gasteiger partial charge >= 0.3 is 5.97 Å². The number of hydrogen-bond acceptors (Lipinski definition) is 7. The SMILES string of the molecule is COc1cc(/C=C2/SC(=S)N(CC(=O)O)C2=O)cc2c1OCO2. The Labute approximate surface area is 140 Å². The number of thiocarbonyl (C=S) groups is 1. The number of nitrogens with zero attached hydrogens (tertiary/aromatic N) is 1. The van der Waals surface area contributed by atoms with Gasteiger partial charge < -0.3 is 19.3 Å². The molecule has 120 valence electrons. The lowest BCUT2D eigenvalue weighted by atomic mass is 10.1. The third-order valence-electron chi connectivity index (χ3n) is 3.15. The van der Waals surface area contributed by atoms with Crippen molar-refractivity contribution in [2.75, 3.05) is 20.4 Å². The predicted octanol–water partition coefficient (Wildman–Crippen LogP) is 1.71. The molecule has 2 aliphatic rings. The number of thioether (sulfide) groups is 1. The van der Waals surface area contributed by atoms with E-state index >= 15 is 0 Å². The molecule has 1 amide bonds. The topological polar surface area (TPSA) is 85.3 Å².